The van der Waals surface area contributed by atoms with Gasteiger partial charge in [-0.15, -0.1) is 0 Å². The predicted octanol–water partition coefficient (Wildman–Crippen LogP) is 2.01. The number of hydrogen-bond acceptors (Lipinski definition) is 3. The van der Waals surface area contributed by atoms with Crippen LogP contribution in [0.3, 0.4) is 0 Å². The van der Waals surface area contributed by atoms with Crippen LogP contribution in [0.15, 0.2) is 30.5 Å². The smallest absolute Gasteiger partial charge is 0.272 e. The summed E-state index contributed by atoms with van der Waals surface area (Å²) in [6.45, 7) is 6.23. The summed E-state index contributed by atoms with van der Waals surface area (Å²) in [5.74, 6) is -0.0393. The Balaban J connectivity index is 1.68. The fourth-order valence-corrected chi connectivity index (χ4v) is 3.09. The molecule has 2 amide bonds. The Labute approximate surface area is 141 Å². The molecule has 1 N–H and O–H groups in total. The van der Waals surface area contributed by atoms with E-state index in [1.54, 1.807) is 23.2 Å². The molecule has 6 heteroatoms. The molecule has 0 bridgehead atoms. The highest BCUT2D eigenvalue weighted by Crippen LogP contribution is 2.15. The van der Waals surface area contributed by atoms with Crippen molar-refractivity contribution in [3.8, 4) is 0 Å². The van der Waals surface area contributed by atoms with Crippen LogP contribution >= 0.6 is 0 Å². The zero-order chi connectivity index (χ0) is 17.1. The van der Waals surface area contributed by atoms with Gasteiger partial charge in [0.25, 0.3) is 11.8 Å². The van der Waals surface area contributed by atoms with Crippen LogP contribution in [0, 0.1) is 13.8 Å². The number of aryl methyl sites for hydroxylation is 2. The Bertz CT molecular complexity index is 739. The van der Waals surface area contributed by atoms with Crippen LogP contribution < -0.4 is 0 Å². The van der Waals surface area contributed by atoms with Crippen molar-refractivity contribution >= 4 is 11.8 Å². The zero-order valence-corrected chi connectivity index (χ0v) is 14.1. The highest BCUT2D eigenvalue weighted by molar-refractivity contribution is 5.96. The van der Waals surface area contributed by atoms with Gasteiger partial charge in [-0.25, -0.2) is 0 Å². The Kier molecular flexibility index (Phi) is 4.64. The molecule has 0 aliphatic carbocycles. The van der Waals surface area contributed by atoms with Crippen LogP contribution in [0.2, 0.25) is 0 Å². The second kappa shape index (κ2) is 6.86. The van der Waals surface area contributed by atoms with Crippen LogP contribution in [-0.4, -0.2) is 57.8 Å². The summed E-state index contributed by atoms with van der Waals surface area (Å²) in [7, 11) is 0. The van der Waals surface area contributed by atoms with Gasteiger partial charge in [0.1, 0.15) is 5.69 Å². The third-order valence-corrected chi connectivity index (χ3v) is 4.33. The molecule has 126 valence electrons. The zero-order valence-electron chi connectivity index (χ0n) is 14.1. The van der Waals surface area contributed by atoms with Crippen LogP contribution in [0.1, 0.15) is 38.7 Å². The number of carbonyl (C=O) groups is 2. The van der Waals surface area contributed by atoms with Crippen molar-refractivity contribution in [2.24, 2.45) is 0 Å². The third-order valence-electron chi connectivity index (χ3n) is 4.33. The lowest BCUT2D eigenvalue weighted by Gasteiger charge is -2.22. The lowest BCUT2D eigenvalue weighted by molar-refractivity contribution is 0.0715. The van der Waals surface area contributed by atoms with Crippen LogP contribution in [0.25, 0.3) is 0 Å². The van der Waals surface area contributed by atoms with Gasteiger partial charge >= 0.3 is 0 Å². The van der Waals surface area contributed by atoms with Gasteiger partial charge in [0.2, 0.25) is 0 Å². The lowest BCUT2D eigenvalue weighted by Crippen LogP contribution is -2.37. The fraction of sp³-hybridized carbons (Fsp3) is 0.389. The monoisotopic (exact) mass is 326 g/mol. The van der Waals surface area contributed by atoms with Gasteiger partial charge in [0, 0.05) is 43.8 Å². The summed E-state index contributed by atoms with van der Waals surface area (Å²) in [5, 5.41) is 0. The molecule has 0 saturated carbocycles. The molecule has 0 unspecified atom stereocenters. The molecule has 3 heterocycles. The van der Waals surface area contributed by atoms with Crippen molar-refractivity contribution in [3.63, 3.8) is 0 Å². The first-order valence-corrected chi connectivity index (χ1v) is 8.22. The SMILES string of the molecule is Cc1cc(C(=O)N2CCCN(C(=O)c3ccccn3)CC2)c(C)[nH]1. The topological polar surface area (TPSA) is 69.3 Å². The van der Waals surface area contributed by atoms with E-state index in [2.05, 4.69) is 9.97 Å². The van der Waals surface area contributed by atoms with Gasteiger partial charge in [-0.05, 0) is 38.5 Å². The first kappa shape index (κ1) is 16.2. The van der Waals surface area contributed by atoms with Gasteiger partial charge < -0.3 is 14.8 Å². The molecule has 0 radical (unpaired) electrons. The lowest BCUT2D eigenvalue weighted by atomic mass is 10.2. The third kappa shape index (κ3) is 3.32. The standard InChI is InChI=1S/C18H22N4O2/c1-13-12-15(14(2)20-13)17(23)21-8-5-9-22(11-10-21)18(24)16-6-3-4-7-19-16/h3-4,6-7,12,20H,5,8-11H2,1-2H3. The molecule has 24 heavy (non-hydrogen) atoms. The first-order chi connectivity index (χ1) is 11.6. The molecule has 1 aliphatic rings. The molecule has 0 spiro atoms. The molecular formula is C18H22N4O2. The summed E-state index contributed by atoms with van der Waals surface area (Å²) in [5.41, 5.74) is 3.05. The summed E-state index contributed by atoms with van der Waals surface area (Å²) in [6, 6.07) is 7.22. The predicted molar refractivity (Wildman–Crippen MR) is 90.9 cm³/mol. The number of aromatic amines is 1. The molecule has 6 nitrogen and oxygen atoms in total. The minimum atomic E-state index is -0.0708. The molecule has 0 aromatic carbocycles. The Morgan fingerprint density at radius 2 is 1.75 bits per heavy atom. The van der Waals surface area contributed by atoms with Crippen molar-refractivity contribution < 1.29 is 9.59 Å². The number of H-pyrrole nitrogens is 1. The molecule has 3 rings (SSSR count). The van der Waals surface area contributed by atoms with E-state index in [0.717, 1.165) is 23.4 Å². The number of aromatic nitrogens is 2. The van der Waals surface area contributed by atoms with Gasteiger partial charge in [0.05, 0.1) is 5.56 Å². The molecule has 1 aliphatic heterocycles. The van der Waals surface area contributed by atoms with E-state index in [1.807, 2.05) is 30.9 Å². The number of nitrogens with zero attached hydrogens (tertiary/aromatic N) is 3. The maximum absolute atomic E-state index is 12.7. The quantitative estimate of drug-likeness (QED) is 0.918. The molecule has 2 aromatic rings. The number of nitrogens with one attached hydrogen (secondary N) is 1. The minimum Gasteiger partial charge on any atom is -0.362 e. The molecule has 0 atom stereocenters. The first-order valence-electron chi connectivity index (χ1n) is 8.22. The summed E-state index contributed by atoms with van der Waals surface area (Å²) in [4.78, 5) is 36.1. The summed E-state index contributed by atoms with van der Waals surface area (Å²) < 4.78 is 0. The number of rotatable bonds is 2. The van der Waals surface area contributed by atoms with Crippen molar-refractivity contribution in [1.29, 1.82) is 0 Å². The van der Waals surface area contributed by atoms with Gasteiger partial charge in [0.15, 0.2) is 0 Å². The van der Waals surface area contributed by atoms with Gasteiger partial charge in [-0.3, -0.25) is 14.6 Å². The van der Waals surface area contributed by atoms with Crippen LogP contribution in [0.4, 0.5) is 0 Å². The van der Waals surface area contributed by atoms with E-state index in [-0.39, 0.29) is 11.8 Å². The summed E-state index contributed by atoms with van der Waals surface area (Å²) >= 11 is 0. The maximum atomic E-state index is 12.7. The average molecular weight is 326 g/mol. The van der Waals surface area contributed by atoms with E-state index in [4.69, 9.17) is 0 Å². The Morgan fingerprint density at radius 3 is 2.33 bits per heavy atom. The molecule has 1 saturated heterocycles. The number of hydrogen-bond donors (Lipinski definition) is 1. The number of carbonyl (C=O) groups excluding carboxylic acids is 2. The van der Waals surface area contributed by atoms with E-state index in [0.29, 0.717) is 31.9 Å². The van der Waals surface area contributed by atoms with Crippen molar-refractivity contribution in [3.05, 3.63) is 53.1 Å². The highest BCUT2D eigenvalue weighted by Gasteiger charge is 2.25. The second-order valence-corrected chi connectivity index (χ2v) is 6.14. The van der Waals surface area contributed by atoms with E-state index >= 15 is 0 Å². The Morgan fingerprint density at radius 1 is 1.04 bits per heavy atom. The largest absolute Gasteiger partial charge is 0.362 e. The summed E-state index contributed by atoms with van der Waals surface area (Å²) in [6.07, 6.45) is 2.39. The van der Waals surface area contributed by atoms with Crippen molar-refractivity contribution in [2.75, 3.05) is 26.2 Å². The highest BCUT2D eigenvalue weighted by atomic mass is 16.2. The van der Waals surface area contributed by atoms with Crippen molar-refractivity contribution in [2.45, 2.75) is 20.3 Å². The van der Waals surface area contributed by atoms with Crippen LogP contribution in [0.5, 0.6) is 0 Å². The van der Waals surface area contributed by atoms with E-state index in [9.17, 15) is 9.59 Å². The van der Waals surface area contributed by atoms with E-state index in [1.165, 1.54) is 0 Å². The molecule has 1 fully saturated rings. The van der Waals surface area contributed by atoms with Crippen molar-refractivity contribution in [1.82, 2.24) is 19.8 Å². The number of pyridine rings is 1. The number of amides is 2. The normalized spacial score (nSPS) is 15.2. The van der Waals surface area contributed by atoms with E-state index < -0.39 is 0 Å². The Hall–Kier alpha value is -2.63. The molecule has 2 aromatic heterocycles. The van der Waals surface area contributed by atoms with Gasteiger partial charge in [-0.1, -0.05) is 6.07 Å². The average Bonchev–Trinajstić information content (AvgIpc) is 2.79. The maximum Gasteiger partial charge on any atom is 0.272 e. The van der Waals surface area contributed by atoms with Crippen LogP contribution in [-0.2, 0) is 0 Å². The van der Waals surface area contributed by atoms with Gasteiger partial charge in [-0.2, -0.15) is 0 Å². The minimum absolute atomic E-state index is 0.0315. The fourth-order valence-electron chi connectivity index (χ4n) is 3.09. The second-order valence-electron chi connectivity index (χ2n) is 6.14. The molecular weight excluding hydrogens is 304 g/mol.